The highest BCUT2D eigenvalue weighted by Gasteiger charge is 2.42. The molecule has 3 nitrogen and oxygen atoms in total. The Labute approximate surface area is 131 Å². The number of halogens is 1. The van der Waals surface area contributed by atoms with Crippen LogP contribution in [0.4, 0.5) is 4.39 Å². The Morgan fingerprint density at radius 1 is 1.23 bits per heavy atom. The maximum atomic E-state index is 13.2. The van der Waals surface area contributed by atoms with Gasteiger partial charge in [0.15, 0.2) is 0 Å². The minimum absolute atomic E-state index is 0.127. The SMILES string of the molecule is O=C(NCC1CCCNC1)C1(c2ccc(F)cc2)CCCC1. The van der Waals surface area contributed by atoms with Gasteiger partial charge < -0.3 is 10.6 Å². The second-order valence-corrected chi connectivity index (χ2v) is 6.72. The highest BCUT2D eigenvalue weighted by atomic mass is 19.1. The van der Waals surface area contributed by atoms with Gasteiger partial charge in [-0.1, -0.05) is 25.0 Å². The third kappa shape index (κ3) is 3.17. The van der Waals surface area contributed by atoms with Gasteiger partial charge in [0.05, 0.1) is 5.41 Å². The zero-order valence-electron chi connectivity index (χ0n) is 13.0. The van der Waals surface area contributed by atoms with Gasteiger partial charge in [0.1, 0.15) is 5.82 Å². The molecule has 1 atom stereocenters. The molecule has 1 unspecified atom stereocenters. The van der Waals surface area contributed by atoms with Crippen molar-refractivity contribution in [2.24, 2.45) is 5.92 Å². The second kappa shape index (κ2) is 6.78. The van der Waals surface area contributed by atoms with E-state index in [4.69, 9.17) is 0 Å². The molecule has 1 amide bonds. The monoisotopic (exact) mass is 304 g/mol. The van der Waals surface area contributed by atoms with Crippen molar-refractivity contribution in [2.45, 2.75) is 43.9 Å². The molecule has 1 heterocycles. The maximum absolute atomic E-state index is 13.2. The minimum atomic E-state index is -0.449. The third-order valence-corrected chi connectivity index (χ3v) is 5.24. The van der Waals surface area contributed by atoms with E-state index in [0.29, 0.717) is 5.92 Å². The predicted molar refractivity (Wildman–Crippen MR) is 85.1 cm³/mol. The van der Waals surface area contributed by atoms with Crippen molar-refractivity contribution in [3.63, 3.8) is 0 Å². The van der Waals surface area contributed by atoms with Crippen molar-refractivity contribution < 1.29 is 9.18 Å². The molecule has 1 aromatic rings. The van der Waals surface area contributed by atoms with Gasteiger partial charge in [-0.2, -0.15) is 0 Å². The summed E-state index contributed by atoms with van der Waals surface area (Å²) in [5.74, 6) is 0.414. The molecule has 22 heavy (non-hydrogen) atoms. The van der Waals surface area contributed by atoms with Crippen LogP contribution in [0.5, 0.6) is 0 Å². The summed E-state index contributed by atoms with van der Waals surface area (Å²) >= 11 is 0. The molecule has 4 heteroatoms. The standard InChI is InChI=1S/C18H25FN2O/c19-16-7-5-15(6-8-16)18(9-1-2-10-18)17(22)21-13-14-4-3-11-20-12-14/h5-8,14,20H,1-4,9-13H2,(H,21,22). The molecule has 2 aliphatic rings. The lowest BCUT2D eigenvalue weighted by molar-refractivity contribution is -0.126. The number of carbonyl (C=O) groups is 1. The van der Waals surface area contributed by atoms with Crippen molar-refractivity contribution in [3.05, 3.63) is 35.6 Å². The molecule has 0 bridgehead atoms. The molecular formula is C18H25FN2O. The van der Waals surface area contributed by atoms with Crippen LogP contribution in [0, 0.1) is 11.7 Å². The first kappa shape index (κ1) is 15.5. The van der Waals surface area contributed by atoms with Crippen LogP contribution in [0.25, 0.3) is 0 Å². The first-order chi connectivity index (χ1) is 10.7. The Hall–Kier alpha value is -1.42. The van der Waals surface area contributed by atoms with Crippen LogP contribution in [0.1, 0.15) is 44.1 Å². The summed E-state index contributed by atoms with van der Waals surface area (Å²) in [6, 6.07) is 6.49. The van der Waals surface area contributed by atoms with Gasteiger partial charge >= 0.3 is 0 Å². The normalized spacial score (nSPS) is 24.1. The lowest BCUT2D eigenvalue weighted by atomic mass is 9.78. The molecular weight excluding hydrogens is 279 g/mol. The van der Waals surface area contributed by atoms with E-state index in [1.54, 1.807) is 12.1 Å². The fourth-order valence-corrected chi connectivity index (χ4v) is 3.90. The lowest BCUT2D eigenvalue weighted by Gasteiger charge is -2.30. The van der Waals surface area contributed by atoms with E-state index in [9.17, 15) is 9.18 Å². The fourth-order valence-electron chi connectivity index (χ4n) is 3.90. The van der Waals surface area contributed by atoms with E-state index in [1.165, 1.54) is 25.0 Å². The molecule has 3 rings (SSSR count). The number of piperidine rings is 1. The summed E-state index contributed by atoms with van der Waals surface area (Å²) < 4.78 is 13.2. The fraction of sp³-hybridized carbons (Fsp3) is 0.611. The molecule has 1 saturated carbocycles. The molecule has 2 N–H and O–H groups in total. The maximum Gasteiger partial charge on any atom is 0.230 e. The molecule has 1 aromatic carbocycles. The van der Waals surface area contributed by atoms with Gasteiger partial charge in [-0.15, -0.1) is 0 Å². The summed E-state index contributed by atoms with van der Waals surface area (Å²) in [7, 11) is 0. The van der Waals surface area contributed by atoms with Gasteiger partial charge in [-0.05, 0) is 62.4 Å². The van der Waals surface area contributed by atoms with Gasteiger partial charge in [-0.3, -0.25) is 4.79 Å². The van der Waals surface area contributed by atoms with Crippen LogP contribution in [-0.2, 0) is 10.2 Å². The molecule has 0 spiro atoms. The summed E-state index contributed by atoms with van der Waals surface area (Å²) in [6.07, 6.45) is 6.23. The van der Waals surface area contributed by atoms with Gasteiger partial charge in [0.2, 0.25) is 5.91 Å². The molecule has 2 fully saturated rings. The summed E-state index contributed by atoms with van der Waals surface area (Å²) in [5.41, 5.74) is 0.515. The minimum Gasteiger partial charge on any atom is -0.355 e. The first-order valence-corrected chi connectivity index (χ1v) is 8.46. The molecule has 1 saturated heterocycles. The zero-order chi connectivity index (χ0) is 15.4. The van der Waals surface area contributed by atoms with Gasteiger partial charge in [0.25, 0.3) is 0 Å². The van der Waals surface area contributed by atoms with Crippen LogP contribution in [0.3, 0.4) is 0 Å². The highest BCUT2D eigenvalue weighted by Crippen LogP contribution is 2.41. The number of nitrogens with one attached hydrogen (secondary N) is 2. The Bertz CT molecular complexity index is 502. The average molecular weight is 304 g/mol. The summed E-state index contributed by atoms with van der Waals surface area (Å²) in [4.78, 5) is 12.9. The summed E-state index contributed by atoms with van der Waals surface area (Å²) in [5, 5.41) is 6.56. The smallest absolute Gasteiger partial charge is 0.230 e. The van der Waals surface area contributed by atoms with E-state index in [1.807, 2.05) is 0 Å². The number of benzene rings is 1. The van der Waals surface area contributed by atoms with E-state index in [0.717, 1.165) is 50.9 Å². The number of amides is 1. The predicted octanol–water partition coefficient (Wildman–Crippen LogP) is 2.75. The Balaban J connectivity index is 1.69. The second-order valence-electron chi connectivity index (χ2n) is 6.72. The van der Waals surface area contributed by atoms with Gasteiger partial charge in [-0.25, -0.2) is 4.39 Å². The molecule has 120 valence electrons. The Kier molecular flexibility index (Phi) is 4.77. The van der Waals surface area contributed by atoms with E-state index >= 15 is 0 Å². The number of carbonyl (C=O) groups excluding carboxylic acids is 1. The highest BCUT2D eigenvalue weighted by molar-refractivity contribution is 5.88. The number of hydrogen-bond acceptors (Lipinski definition) is 2. The van der Waals surface area contributed by atoms with Crippen molar-refractivity contribution in [2.75, 3.05) is 19.6 Å². The van der Waals surface area contributed by atoms with Crippen LogP contribution >= 0.6 is 0 Å². The summed E-state index contributed by atoms with van der Waals surface area (Å²) in [6.45, 7) is 2.82. The lowest BCUT2D eigenvalue weighted by Crippen LogP contribution is -2.46. The average Bonchev–Trinajstić information content (AvgIpc) is 3.05. The first-order valence-electron chi connectivity index (χ1n) is 8.46. The Morgan fingerprint density at radius 2 is 1.95 bits per heavy atom. The van der Waals surface area contributed by atoms with Crippen molar-refractivity contribution in [1.29, 1.82) is 0 Å². The largest absolute Gasteiger partial charge is 0.355 e. The molecule has 0 radical (unpaired) electrons. The van der Waals surface area contributed by atoms with Crippen molar-refractivity contribution in [1.82, 2.24) is 10.6 Å². The van der Waals surface area contributed by atoms with Crippen molar-refractivity contribution in [3.8, 4) is 0 Å². The Morgan fingerprint density at radius 3 is 2.59 bits per heavy atom. The van der Waals surface area contributed by atoms with Crippen LogP contribution < -0.4 is 10.6 Å². The third-order valence-electron chi connectivity index (χ3n) is 5.24. The molecule has 1 aliphatic carbocycles. The topological polar surface area (TPSA) is 41.1 Å². The van der Waals surface area contributed by atoms with Crippen LogP contribution in [0.2, 0.25) is 0 Å². The van der Waals surface area contributed by atoms with E-state index in [2.05, 4.69) is 10.6 Å². The van der Waals surface area contributed by atoms with Crippen molar-refractivity contribution >= 4 is 5.91 Å². The van der Waals surface area contributed by atoms with Crippen LogP contribution in [-0.4, -0.2) is 25.5 Å². The van der Waals surface area contributed by atoms with Crippen LogP contribution in [0.15, 0.2) is 24.3 Å². The zero-order valence-corrected chi connectivity index (χ0v) is 13.0. The number of hydrogen-bond donors (Lipinski definition) is 2. The molecule has 0 aromatic heterocycles. The van der Waals surface area contributed by atoms with E-state index in [-0.39, 0.29) is 11.7 Å². The molecule has 1 aliphatic heterocycles. The quantitative estimate of drug-likeness (QED) is 0.898. The number of rotatable bonds is 4. The van der Waals surface area contributed by atoms with E-state index < -0.39 is 5.41 Å². The van der Waals surface area contributed by atoms with Gasteiger partial charge in [0, 0.05) is 6.54 Å².